The Labute approximate surface area is 238 Å². The lowest BCUT2D eigenvalue weighted by atomic mass is 10.1. The fourth-order valence-electron chi connectivity index (χ4n) is 3.69. The Balaban J connectivity index is 2.02. The van der Waals surface area contributed by atoms with Crippen LogP contribution in [0.25, 0.3) is 0 Å². The maximum Gasteiger partial charge on any atom is 0.264 e. The molecule has 0 aliphatic carbocycles. The van der Waals surface area contributed by atoms with Crippen molar-refractivity contribution in [3.05, 3.63) is 93.4 Å². The van der Waals surface area contributed by atoms with E-state index < -0.39 is 28.5 Å². The number of rotatable bonds is 11. The molecule has 0 saturated carbocycles. The summed E-state index contributed by atoms with van der Waals surface area (Å²) in [5, 5.41) is 3.75. The third kappa shape index (κ3) is 7.41. The first-order valence-electron chi connectivity index (χ1n) is 11.9. The van der Waals surface area contributed by atoms with Crippen LogP contribution in [0.2, 0.25) is 15.1 Å². The van der Waals surface area contributed by atoms with Gasteiger partial charge in [-0.05, 0) is 61.4 Å². The first-order chi connectivity index (χ1) is 18.0. The minimum Gasteiger partial charge on any atom is -0.354 e. The van der Waals surface area contributed by atoms with Crippen molar-refractivity contribution in [3.8, 4) is 0 Å². The number of hydrogen-bond acceptors (Lipinski definition) is 4. The van der Waals surface area contributed by atoms with E-state index >= 15 is 0 Å². The van der Waals surface area contributed by atoms with E-state index in [-0.39, 0.29) is 23.0 Å². The van der Waals surface area contributed by atoms with Crippen LogP contribution in [0.15, 0.2) is 77.7 Å². The number of sulfonamides is 1. The summed E-state index contributed by atoms with van der Waals surface area (Å²) >= 11 is 18.4. The average molecular weight is 597 g/mol. The molecule has 2 amide bonds. The normalized spacial score (nSPS) is 12.0. The van der Waals surface area contributed by atoms with Crippen LogP contribution < -0.4 is 9.62 Å². The molecule has 0 aromatic heterocycles. The van der Waals surface area contributed by atoms with E-state index in [0.717, 1.165) is 10.7 Å². The number of anilines is 1. The molecule has 1 N–H and O–H groups in total. The van der Waals surface area contributed by atoms with Crippen molar-refractivity contribution >= 4 is 62.3 Å². The van der Waals surface area contributed by atoms with Crippen molar-refractivity contribution in [2.45, 2.75) is 37.8 Å². The molecule has 3 rings (SSSR count). The smallest absolute Gasteiger partial charge is 0.264 e. The van der Waals surface area contributed by atoms with Gasteiger partial charge in [-0.1, -0.05) is 72.1 Å². The molecule has 0 unspecified atom stereocenters. The first kappa shape index (κ1) is 29.8. The van der Waals surface area contributed by atoms with Gasteiger partial charge in [-0.2, -0.15) is 0 Å². The van der Waals surface area contributed by atoms with Gasteiger partial charge in [-0.25, -0.2) is 8.42 Å². The van der Waals surface area contributed by atoms with Crippen molar-refractivity contribution in [2.75, 3.05) is 17.4 Å². The van der Waals surface area contributed by atoms with Gasteiger partial charge in [-0.3, -0.25) is 13.9 Å². The van der Waals surface area contributed by atoms with E-state index in [9.17, 15) is 18.0 Å². The fourth-order valence-corrected chi connectivity index (χ4v) is 5.63. The SMILES string of the molecule is CCCNC(=O)[C@H](C)N(Cc1ccc(Cl)c(Cl)c1)C(=O)CN(c1cccc(Cl)c1)S(=O)(=O)c1ccccc1. The summed E-state index contributed by atoms with van der Waals surface area (Å²) in [6.45, 7) is 3.39. The van der Waals surface area contributed by atoms with Gasteiger partial charge in [0.25, 0.3) is 10.0 Å². The summed E-state index contributed by atoms with van der Waals surface area (Å²) in [6.07, 6.45) is 0.719. The van der Waals surface area contributed by atoms with Gasteiger partial charge >= 0.3 is 0 Å². The van der Waals surface area contributed by atoms with Crippen molar-refractivity contribution in [3.63, 3.8) is 0 Å². The Morgan fingerprint density at radius 1 is 0.921 bits per heavy atom. The average Bonchev–Trinajstić information content (AvgIpc) is 2.90. The highest BCUT2D eigenvalue weighted by Gasteiger charge is 2.32. The maximum atomic E-state index is 13.8. The van der Waals surface area contributed by atoms with E-state index in [4.69, 9.17) is 34.8 Å². The fraction of sp³-hybridized carbons (Fsp3) is 0.259. The summed E-state index contributed by atoms with van der Waals surface area (Å²) in [5.41, 5.74) is 0.843. The highest BCUT2D eigenvalue weighted by molar-refractivity contribution is 7.92. The molecule has 0 heterocycles. The summed E-state index contributed by atoms with van der Waals surface area (Å²) in [5.74, 6) is -0.949. The number of hydrogen-bond donors (Lipinski definition) is 1. The minimum atomic E-state index is -4.16. The van der Waals surface area contributed by atoms with Crippen LogP contribution in [-0.4, -0.2) is 44.3 Å². The quantitative estimate of drug-likeness (QED) is 0.304. The second-order valence-corrected chi connectivity index (χ2v) is 11.7. The molecule has 0 fully saturated rings. The van der Waals surface area contributed by atoms with E-state index in [1.165, 1.54) is 23.1 Å². The Morgan fingerprint density at radius 2 is 1.63 bits per heavy atom. The summed E-state index contributed by atoms with van der Waals surface area (Å²) in [6, 6.07) is 18.0. The minimum absolute atomic E-state index is 0.00516. The molecule has 0 aliphatic heterocycles. The molecule has 0 radical (unpaired) electrons. The molecule has 3 aromatic carbocycles. The molecule has 38 heavy (non-hydrogen) atoms. The first-order valence-corrected chi connectivity index (χ1v) is 14.5. The van der Waals surface area contributed by atoms with Crippen LogP contribution in [0.1, 0.15) is 25.8 Å². The number of amides is 2. The summed E-state index contributed by atoms with van der Waals surface area (Å²) in [4.78, 5) is 28.0. The molecule has 11 heteroatoms. The topological polar surface area (TPSA) is 86.8 Å². The van der Waals surface area contributed by atoms with E-state index in [1.54, 1.807) is 61.5 Å². The van der Waals surface area contributed by atoms with Gasteiger partial charge in [0.2, 0.25) is 11.8 Å². The molecular weight excluding hydrogens is 569 g/mol. The molecular formula is C27H28Cl3N3O4S. The van der Waals surface area contributed by atoms with Crippen molar-refractivity contribution in [2.24, 2.45) is 0 Å². The summed E-state index contributed by atoms with van der Waals surface area (Å²) < 4.78 is 28.4. The van der Waals surface area contributed by atoms with Gasteiger partial charge in [-0.15, -0.1) is 0 Å². The third-order valence-corrected chi connectivity index (χ3v) is 8.52. The largest absolute Gasteiger partial charge is 0.354 e. The number of nitrogens with zero attached hydrogens (tertiary/aromatic N) is 2. The van der Waals surface area contributed by atoms with Crippen LogP contribution in [0.4, 0.5) is 5.69 Å². The Bertz CT molecular complexity index is 1390. The lowest BCUT2D eigenvalue weighted by molar-refractivity contribution is -0.139. The number of benzene rings is 3. The molecule has 0 spiro atoms. The van der Waals surface area contributed by atoms with E-state index in [1.807, 2.05) is 6.92 Å². The lowest BCUT2D eigenvalue weighted by Gasteiger charge is -2.32. The molecule has 1 atom stereocenters. The monoisotopic (exact) mass is 595 g/mol. The van der Waals surface area contributed by atoms with Gasteiger partial charge in [0, 0.05) is 18.1 Å². The number of carbonyl (C=O) groups excluding carboxylic acids is 2. The second-order valence-electron chi connectivity index (χ2n) is 8.54. The predicted molar refractivity (Wildman–Crippen MR) is 152 cm³/mol. The zero-order chi connectivity index (χ0) is 27.9. The van der Waals surface area contributed by atoms with Crippen molar-refractivity contribution < 1.29 is 18.0 Å². The number of nitrogens with one attached hydrogen (secondary N) is 1. The van der Waals surface area contributed by atoms with Gasteiger partial charge in [0.05, 0.1) is 20.6 Å². The highest BCUT2D eigenvalue weighted by atomic mass is 35.5. The second kappa shape index (κ2) is 13.3. The molecule has 0 saturated heterocycles. The Hall–Kier alpha value is -2.78. The zero-order valence-corrected chi connectivity index (χ0v) is 24.0. The third-order valence-electron chi connectivity index (χ3n) is 5.76. The van der Waals surface area contributed by atoms with Crippen molar-refractivity contribution in [1.82, 2.24) is 10.2 Å². The Morgan fingerprint density at radius 3 is 2.26 bits per heavy atom. The van der Waals surface area contributed by atoms with E-state index in [2.05, 4.69) is 5.32 Å². The molecule has 0 aliphatic rings. The van der Waals surface area contributed by atoms with Crippen LogP contribution in [-0.2, 0) is 26.2 Å². The molecule has 7 nitrogen and oxygen atoms in total. The maximum absolute atomic E-state index is 13.8. The standard InChI is InChI=1S/C27H28Cl3N3O4S/c1-3-14-31-27(35)19(2)32(17-20-12-13-24(29)25(30)15-20)26(34)18-33(22-9-7-8-21(28)16-22)38(36,37)23-10-5-4-6-11-23/h4-13,15-16,19H,3,14,17-18H2,1-2H3,(H,31,35)/t19-/m0/s1. The zero-order valence-electron chi connectivity index (χ0n) is 20.9. The van der Waals surface area contributed by atoms with Crippen LogP contribution in [0.5, 0.6) is 0 Å². The summed E-state index contributed by atoms with van der Waals surface area (Å²) in [7, 11) is -4.16. The Kier molecular flexibility index (Phi) is 10.4. The van der Waals surface area contributed by atoms with Gasteiger partial charge in [0.1, 0.15) is 12.6 Å². The molecule has 3 aromatic rings. The molecule has 202 valence electrons. The van der Waals surface area contributed by atoms with Crippen molar-refractivity contribution in [1.29, 1.82) is 0 Å². The number of halogens is 3. The van der Waals surface area contributed by atoms with Gasteiger partial charge < -0.3 is 10.2 Å². The lowest BCUT2D eigenvalue weighted by Crippen LogP contribution is -2.51. The van der Waals surface area contributed by atoms with Gasteiger partial charge in [0.15, 0.2) is 0 Å². The van der Waals surface area contributed by atoms with Crippen LogP contribution >= 0.6 is 34.8 Å². The van der Waals surface area contributed by atoms with Crippen LogP contribution in [0, 0.1) is 0 Å². The highest BCUT2D eigenvalue weighted by Crippen LogP contribution is 2.27. The van der Waals surface area contributed by atoms with E-state index in [0.29, 0.717) is 27.2 Å². The molecule has 0 bridgehead atoms. The number of carbonyl (C=O) groups is 2. The van der Waals surface area contributed by atoms with Crippen LogP contribution in [0.3, 0.4) is 0 Å². The predicted octanol–water partition coefficient (Wildman–Crippen LogP) is 5.79.